The summed E-state index contributed by atoms with van der Waals surface area (Å²) < 4.78 is 6.22. The van der Waals surface area contributed by atoms with Crippen LogP contribution in [0.2, 0.25) is 4.34 Å². The third-order valence-electron chi connectivity index (χ3n) is 2.54. The summed E-state index contributed by atoms with van der Waals surface area (Å²) in [5.41, 5.74) is 0.149. The van der Waals surface area contributed by atoms with Crippen LogP contribution in [0, 0.1) is 0 Å². The van der Waals surface area contributed by atoms with Gasteiger partial charge in [0.1, 0.15) is 0 Å². The Morgan fingerprint density at radius 1 is 1.64 bits per heavy atom. The van der Waals surface area contributed by atoms with Crippen molar-refractivity contribution in [1.82, 2.24) is 5.32 Å². The van der Waals surface area contributed by atoms with Gasteiger partial charge in [0.2, 0.25) is 0 Å². The minimum Gasteiger partial charge on any atom is -0.379 e. The third-order valence-corrected chi connectivity index (χ3v) is 3.77. The first kappa shape index (κ1) is 10.4. The highest BCUT2D eigenvalue weighted by atomic mass is 35.5. The summed E-state index contributed by atoms with van der Waals surface area (Å²) in [6.45, 7) is 4.77. The summed E-state index contributed by atoms with van der Waals surface area (Å²) in [4.78, 5) is 1.28. The molecule has 1 saturated heterocycles. The predicted molar refractivity (Wildman–Crippen MR) is 60.0 cm³/mol. The lowest BCUT2D eigenvalue weighted by Crippen LogP contribution is -2.42. The average Bonchev–Trinajstić information content (AvgIpc) is 2.73. The Balaban J connectivity index is 1.87. The predicted octanol–water partition coefficient (Wildman–Crippen LogP) is 2.67. The van der Waals surface area contributed by atoms with Gasteiger partial charge in [-0.25, -0.2) is 0 Å². The number of ether oxygens (including phenoxy) is 1. The quantitative estimate of drug-likeness (QED) is 0.864. The molecule has 1 aliphatic heterocycles. The maximum absolute atomic E-state index is 5.86. The van der Waals surface area contributed by atoms with Crippen molar-refractivity contribution in [3.63, 3.8) is 0 Å². The van der Waals surface area contributed by atoms with Gasteiger partial charge in [0.25, 0.3) is 0 Å². The number of hydrogen-bond donors (Lipinski definition) is 1. The number of nitrogens with one attached hydrogen (secondary N) is 1. The second-order valence-electron chi connectivity index (χ2n) is 3.92. The second kappa shape index (κ2) is 4.19. The van der Waals surface area contributed by atoms with E-state index in [1.54, 1.807) is 11.3 Å². The van der Waals surface area contributed by atoms with Crippen molar-refractivity contribution >= 4 is 22.9 Å². The smallest absolute Gasteiger partial charge is 0.0931 e. The van der Waals surface area contributed by atoms with E-state index >= 15 is 0 Å². The van der Waals surface area contributed by atoms with Crippen molar-refractivity contribution in [3.05, 3.63) is 21.3 Å². The van der Waals surface area contributed by atoms with Gasteiger partial charge in [-0.15, -0.1) is 11.3 Å². The van der Waals surface area contributed by atoms with Gasteiger partial charge in [0.15, 0.2) is 0 Å². The Labute approximate surface area is 93.2 Å². The lowest BCUT2D eigenvalue weighted by molar-refractivity contribution is 0.171. The molecule has 0 spiro atoms. The molecule has 78 valence electrons. The van der Waals surface area contributed by atoms with E-state index < -0.39 is 0 Å². The van der Waals surface area contributed by atoms with Crippen LogP contribution in [0.5, 0.6) is 0 Å². The Morgan fingerprint density at radius 2 is 2.50 bits per heavy atom. The molecule has 1 aliphatic rings. The van der Waals surface area contributed by atoms with Crippen LogP contribution in [0.3, 0.4) is 0 Å². The molecular weight excluding hydrogens is 218 g/mol. The van der Waals surface area contributed by atoms with Crippen LogP contribution >= 0.6 is 22.9 Å². The molecule has 0 amide bonds. The van der Waals surface area contributed by atoms with E-state index in [9.17, 15) is 0 Å². The normalized spacial score (nSPS) is 27.0. The van der Waals surface area contributed by atoms with Crippen LogP contribution in [0.1, 0.15) is 18.2 Å². The molecule has 2 rings (SSSR count). The first-order valence-corrected chi connectivity index (χ1v) is 5.94. The van der Waals surface area contributed by atoms with E-state index in [1.165, 1.54) is 4.88 Å². The van der Waals surface area contributed by atoms with Crippen molar-refractivity contribution in [2.75, 3.05) is 13.2 Å². The highest BCUT2D eigenvalue weighted by molar-refractivity contribution is 7.16. The van der Waals surface area contributed by atoms with Gasteiger partial charge in [0, 0.05) is 23.6 Å². The minimum absolute atomic E-state index is 0.149. The summed E-state index contributed by atoms with van der Waals surface area (Å²) in [5, 5.41) is 3.51. The van der Waals surface area contributed by atoms with Crippen LogP contribution in [0.25, 0.3) is 0 Å². The molecular formula is C10H14ClNOS. The van der Waals surface area contributed by atoms with Gasteiger partial charge in [-0.1, -0.05) is 11.6 Å². The van der Waals surface area contributed by atoms with Crippen molar-refractivity contribution in [2.45, 2.75) is 25.4 Å². The number of hydrogen-bond acceptors (Lipinski definition) is 3. The Hall–Kier alpha value is -0.0900. The number of halogens is 1. The standard InChI is InChI=1S/C10H14ClNOS/c1-10(4-5-13-7-10)12-6-8-2-3-9(11)14-8/h2-3,12H,4-7H2,1H3. The highest BCUT2D eigenvalue weighted by Crippen LogP contribution is 2.23. The summed E-state index contributed by atoms with van der Waals surface area (Å²) >= 11 is 7.49. The molecule has 2 heterocycles. The van der Waals surface area contributed by atoms with E-state index in [2.05, 4.69) is 18.3 Å². The minimum atomic E-state index is 0.149. The molecule has 0 radical (unpaired) electrons. The third kappa shape index (κ3) is 2.48. The van der Waals surface area contributed by atoms with Crippen LogP contribution in [0.15, 0.2) is 12.1 Å². The maximum Gasteiger partial charge on any atom is 0.0931 e. The van der Waals surface area contributed by atoms with Crippen molar-refractivity contribution in [2.24, 2.45) is 0 Å². The fourth-order valence-corrected chi connectivity index (χ4v) is 2.58. The van der Waals surface area contributed by atoms with Gasteiger partial charge < -0.3 is 10.1 Å². The van der Waals surface area contributed by atoms with Gasteiger partial charge in [-0.05, 0) is 25.5 Å². The summed E-state index contributed by atoms with van der Waals surface area (Å²) in [6.07, 6.45) is 1.09. The van der Waals surface area contributed by atoms with E-state index in [0.717, 1.165) is 30.5 Å². The van der Waals surface area contributed by atoms with Gasteiger partial charge in [-0.3, -0.25) is 0 Å². The monoisotopic (exact) mass is 231 g/mol. The molecule has 0 aromatic carbocycles. The molecule has 1 atom stereocenters. The Bertz CT molecular complexity index is 307. The number of thiophene rings is 1. The maximum atomic E-state index is 5.86. The first-order valence-electron chi connectivity index (χ1n) is 4.75. The van der Waals surface area contributed by atoms with Gasteiger partial charge >= 0.3 is 0 Å². The summed E-state index contributed by atoms with van der Waals surface area (Å²) in [5.74, 6) is 0. The zero-order valence-corrected chi connectivity index (χ0v) is 9.75. The molecule has 1 unspecified atom stereocenters. The SMILES string of the molecule is CC1(NCc2ccc(Cl)s2)CCOC1. The molecule has 0 aliphatic carbocycles. The highest BCUT2D eigenvalue weighted by Gasteiger charge is 2.28. The second-order valence-corrected chi connectivity index (χ2v) is 5.72. The summed E-state index contributed by atoms with van der Waals surface area (Å²) in [7, 11) is 0. The van der Waals surface area contributed by atoms with Crippen molar-refractivity contribution < 1.29 is 4.74 Å². The number of rotatable bonds is 3. The molecule has 0 bridgehead atoms. The van der Waals surface area contributed by atoms with E-state index in [0.29, 0.717) is 0 Å². The molecule has 1 fully saturated rings. The van der Waals surface area contributed by atoms with E-state index in [4.69, 9.17) is 16.3 Å². The molecule has 2 nitrogen and oxygen atoms in total. The molecule has 1 N–H and O–H groups in total. The molecule has 14 heavy (non-hydrogen) atoms. The lowest BCUT2D eigenvalue weighted by Gasteiger charge is -2.23. The van der Waals surface area contributed by atoms with Crippen LogP contribution < -0.4 is 5.32 Å². The van der Waals surface area contributed by atoms with Crippen LogP contribution in [-0.4, -0.2) is 18.8 Å². The van der Waals surface area contributed by atoms with Crippen LogP contribution in [-0.2, 0) is 11.3 Å². The molecule has 0 saturated carbocycles. The zero-order valence-electron chi connectivity index (χ0n) is 8.18. The fourth-order valence-electron chi connectivity index (χ4n) is 1.55. The largest absolute Gasteiger partial charge is 0.379 e. The average molecular weight is 232 g/mol. The zero-order chi connectivity index (χ0) is 10.0. The van der Waals surface area contributed by atoms with Crippen LogP contribution in [0.4, 0.5) is 0 Å². The lowest BCUT2D eigenvalue weighted by atomic mass is 10.0. The molecule has 1 aromatic rings. The topological polar surface area (TPSA) is 21.3 Å². The van der Waals surface area contributed by atoms with Crippen molar-refractivity contribution in [1.29, 1.82) is 0 Å². The van der Waals surface area contributed by atoms with Gasteiger partial charge in [0.05, 0.1) is 10.9 Å². The van der Waals surface area contributed by atoms with E-state index in [-0.39, 0.29) is 5.54 Å². The Morgan fingerprint density at radius 3 is 3.07 bits per heavy atom. The first-order chi connectivity index (χ1) is 6.68. The van der Waals surface area contributed by atoms with Crippen molar-refractivity contribution in [3.8, 4) is 0 Å². The Kier molecular flexibility index (Phi) is 3.12. The molecule has 1 aromatic heterocycles. The summed E-state index contributed by atoms with van der Waals surface area (Å²) in [6, 6.07) is 4.01. The molecule has 4 heteroatoms. The van der Waals surface area contributed by atoms with Gasteiger partial charge in [-0.2, -0.15) is 0 Å². The fraction of sp³-hybridized carbons (Fsp3) is 0.600. The van der Waals surface area contributed by atoms with E-state index in [1.807, 2.05) is 6.07 Å².